The van der Waals surface area contributed by atoms with E-state index in [4.69, 9.17) is 21.1 Å². The van der Waals surface area contributed by atoms with E-state index in [1.807, 2.05) is 68.5 Å². The molecule has 0 aliphatic rings. The number of hydrogen-bond donors (Lipinski definition) is 1. The van der Waals surface area contributed by atoms with Crippen molar-refractivity contribution in [1.82, 2.24) is 0 Å². The Morgan fingerprint density at radius 2 is 1.84 bits per heavy atom. The Kier molecular flexibility index (Phi) is 8.44. The van der Waals surface area contributed by atoms with Crippen molar-refractivity contribution in [3.05, 3.63) is 99.0 Å². The minimum absolute atomic E-state index is 0.469. The third-order valence-electron chi connectivity index (χ3n) is 4.90. The molecule has 0 bridgehead atoms. The molecule has 0 amide bonds. The molecule has 3 aromatic carbocycles. The van der Waals surface area contributed by atoms with E-state index in [0.717, 1.165) is 48.9 Å². The van der Waals surface area contributed by atoms with Crippen LogP contribution in [0.2, 0.25) is 5.02 Å². The fraction of sp³-hybridized carbons (Fsp3) is 0.231. The molecule has 0 spiro atoms. The van der Waals surface area contributed by atoms with E-state index in [2.05, 4.69) is 33.9 Å². The maximum absolute atomic E-state index is 6.25. The number of benzene rings is 3. The maximum Gasteiger partial charge on any atom is 0.165 e. The molecule has 0 aliphatic heterocycles. The lowest BCUT2D eigenvalue weighted by Gasteiger charge is -2.18. The largest absolute Gasteiger partial charge is 0.490 e. The zero-order valence-corrected chi connectivity index (χ0v) is 20.2. The number of halogens is 2. The number of rotatable bonds is 10. The molecular formula is C26H27BrClNO2. The first-order chi connectivity index (χ1) is 15.0. The van der Waals surface area contributed by atoms with Gasteiger partial charge in [0.25, 0.3) is 0 Å². The fourth-order valence-electron chi connectivity index (χ4n) is 3.29. The number of anilines is 1. The lowest BCUT2D eigenvalue weighted by atomic mass is 10.0. The number of allylic oxidation sites excluding steroid dienone is 1. The molecule has 31 heavy (non-hydrogen) atoms. The molecule has 0 unspecified atom stereocenters. The summed E-state index contributed by atoms with van der Waals surface area (Å²) >= 11 is 9.72. The molecule has 0 aliphatic carbocycles. The normalized spacial score (nSPS) is 10.6. The van der Waals surface area contributed by atoms with Crippen molar-refractivity contribution < 1.29 is 9.47 Å². The van der Waals surface area contributed by atoms with Crippen LogP contribution in [0.4, 0.5) is 5.69 Å². The zero-order valence-electron chi connectivity index (χ0n) is 17.9. The van der Waals surface area contributed by atoms with Crippen LogP contribution in [0.15, 0.2) is 71.7 Å². The van der Waals surface area contributed by atoms with Gasteiger partial charge in [0.15, 0.2) is 11.5 Å². The second-order valence-electron chi connectivity index (χ2n) is 7.19. The Hall–Kier alpha value is -2.43. The molecule has 0 saturated carbocycles. The smallest absolute Gasteiger partial charge is 0.165 e. The highest BCUT2D eigenvalue weighted by Gasteiger charge is 2.14. The summed E-state index contributed by atoms with van der Waals surface area (Å²) in [6, 6.07) is 18.2. The van der Waals surface area contributed by atoms with Gasteiger partial charge in [-0.05, 0) is 73.4 Å². The number of nitrogens with one attached hydrogen (secondary N) is 1. The van der Waals surface area contributed by atoms with Crippen LogP contribution in [-0.4, -0.2) is 6.61 Å². The van der Waals surface area contributed by atoms with Gasteiger partial charge in [-0.15, -0.1) is 6.58 Å². The Morgan fingerprint density at radius 3 is 2.55 bits per heavy atom. The van der Waals surface area contributed by atoms with E-state index >= 15 is 0 Å². The summed E-state index contributed by atoms with van der Waals surface area (Å²) < 4.78 is 13.2. The van der Waals surface area contributed by atoms with Gasteiger partial charge >= 0.3 is 0 Å². The molecule has 5 heteroatoms. The average molecular weight is 501 g/mol. The Balaban J connectivity index is 1.85. The summed E-state index contributed by atoms with van der Waals surface area (Å²) in [6.07, 6.45) is 2.58. The van der Waals surface area contributed by atoms with Gasteiger partial charge in [0, 0.05) is 27.3 Å². The molecule has 162 valence electrons. The van der Waals surface area contributed by atoms with Crippen molar-refractivity contribution in [2.75, 3.05) is 11.9 Å². The van der Waals surface area contributed by atoms with E-state index < -0.39 is 0 Å². The summed E-state index contributed by atoms with van der Waals surface area (Å²) in [5.74, 6) is 1.52. The topological polar surface area (TPSA) is 30.5 Å². The third-order valence-corrected chi connectivity index (χ3v) is 5.84. The molecule has 0 fully saturated rings. The van der Waals surface area contributed by atoms with Crippen LogP contribution in [0.3, 0.4) is 0 Å². The zero-order chi connectivity index (χ0) is 22.2. The van der Waals surface area contributed by atoms with Crippen LogP contribution in [0, 0.1) is 6.92 Å². The molecule has 0 saturated heterocycles. The lowest BCUT2D eigenvalue weighted by molar-refractivity contribution is 0.267. The molecule has 3 rings (SSSR count). The van der Waals surface area contributed by atoms with Crippen molar-refractivity contribution in [3.8, 4) is 11.5 Å². The highest BCUT2D eigenvalue weighted by Crippen LogP contribution is 2.35. The Labute approximate surface area is 198 Å². The second-order valence-corrected chi connectivity index (χ2v) is 8.51. The van der Waals surface area contributed by atoms with E-state index in [1.54, 1.807) is 0 Å². The predicted molar refractivity (Wildman–Crippen MR) is 134 cm³/mol. The van der Waals surface area contributed by atoms with Gasteiger partial charge < -0.3 is 14.8 Å². The van der Waals surface area contributed by atoms with Crippen LogP contribution in [0.1, 0.15) is 29.2 Å². The molecule has 1 N–H and O–H groups in total. The van der Waals surface area contributed by atoms with Gasteiger partial charge in [0.1, 0.15) is 6.61 Å². The van der Waals surface area contributed by atoms with Crippen molar-refractivity contribution in [1.29, 1.82) is 0 Å². The summed E-state index contributed by atoms with van der Waals surface area (Å²) in [5.41, 5.74) is 5.31. The first-order valence-corrected chi connectivity index (χ1v) is 11.4. The summed E-state index contributed by atoms with van der Waals surface area (Å²) in [5, 5.41) is 4.23. The maximum atomic E-state index is 6.25. The standard InChI is InChI=1S/C26H27BrClNO2/c1-4-7-21-14-20(16-29-24-9-6-8-23(28)18(24)3)15-25(30-5-2)26(21)31-17-19-10-12-22(27)13-11-19/h4,6,8-15,29H,1,5,7,16-17H2,2-3H3. The second kappa shape index (κ2) is 11.3. The van der Waals surface area contributed by atoms with Gasteiger partial charge in [0.2, 0.25) is 0 Å². The van der Waals surface area contributed by atoms with Gasteiger partial charge in [-0.3, -0.25) is 0 Å². The van der Waals surface area contributed by atoms with Crippen LogP contribution >= 0.6 is 27.5 Å². The Morgan fingerprint density at radius 1 is 1.06 bits per heavy atom. The fourth-order valence-corrected chi connectivity index (χ4v) is 3.73. The van der Waals surface area contributed by atoms with E-state index in [0.29, 0.717) is 26.2 Å². The molecule has 0 atom stereocenters. The molecular weight excluding hydrogens is 474 g/mol. The van der Waals surface area contributed by atoms with Gasteiger partial charge in [-0.1, -0.05) is 51.8 Å². The molecule has 0 heterocycles. The average Bonchev–Trinajstić information content (AvgIpc) is 2.76. The van der Waals surface area contributed by atoms with Gasteiger partial charge in [0.05, 0.1) is 6.61 Å². The van der Waals surface area contributed by atoms with Crippen LogP contribution < -0.4 is 14.8 Å². The van der Waals surface area contributed by atoms with Crippen molar-refractivity contribution >= 4 is 33.2 Å². The minimum atomic E-state index is 0.469. The van der Waals surface area contributed by atoms with Crippen LogP contribution in [-0.2, 0) is 19.6 Å². The highest BCUT2D eigenvalue weighted by atomic mass is 79.9. The van der Waals surface area contributed by atoms with Crippen molar-refractivity contribution in [3.63, 3.8) is 0 Å². The molecule has 0 radical (unpaired) electrons. The molecule has 3 aromatic rings. The van der Waals surface area contributed by atoms with E-state index in [9.17, 15) is 0 Å². The summed E-state index contributed by atoms with van der Waals surface area (Å²) in [7, 11) is 0. The van der Waals surface area contributed by atoms with Gasteiger partial charge in [-0.25, -0.2) is 0 Å². The monoisotopic (exact) mass is 499 g/mol. The third kappa shape index (κ3) is 6.28. The first kappa shape index (κ1) is 23.2. The SMILES string of the molecule is C=CCc1cc(CNc2cccc(Cl)c2C)cc(OCC)c1OCc1ccc(Br)cc1. The van der Waals surface area contributed by atoms with E-state index in [-0.39, 0.29) is 0 Å². The highest BCUT2D eigenvalue weighted by molar-refractivity contribution is 9.10. The van der Waals surface area contributed by atoms with Crippen LogP contribution in [0.5, 0.6) is 11.5 Å². The molecule has 0 aromatic heterocycles. The van der Waals surface area contributed by atoms with Crippen molar-refractivity contribution in [2.24, 2.45) is 0 Å². The number of hydrogen-bond acceptors (Lipinski definition) is 3. The summed E-state index contributed by atoms with van der Waals surface area (Å²) in [6.45, 7) is 9.59. The molecule has 3 nitrogen and oxygen atoms in total. The summed E-state index contributed by atoms with van der Waals surface area (Å²) in [4.78, 5) is 0. The number of ether oxygens (including phenoxy) is 2. The quantitative estimate of drug-likeness (QED) is 0.289. The van der Waals surface area contributed by atoms with Crippen molar-refractivity contribution in [2.45, 2.75) is 33.4 Å². The van der Waals surface area contributed by atoms with Gasteiger partial charge in [-0.2, -0.15) is 0 Å². The Bertz CT molecular complexity index is 1030. The van der Waals surface area contributed by atoms with E-state index in [1.165, 1.54) is 0 Å². The first-order valence-electron chi connectivity index (χ1n) is 10.3. The predicted octanol–water partition coefficient (Wildman–Crippen LogP) is 7.73. The van der Waals surface area contributed by atoms with Crippen LogP contribution in [0.25, 0.3) is 0 Å². The minimum Gasteiger partial charge on any atom is -0.490 e. The lowest BCUT2D eigenvalue weighted by Crippen LogP contribution is -2.06.